The Morgan fingerprint density at radius 2 is 1.71 bits per heavy atom. The number of nitrogens with zero attached hydrogens (tertiary/aromatic N) is 1. The summed E-state index contributed by atoms with van der Waals surface area (Å²) in [6, 6.07) is 25.0. The van der Waals surface area contributed by atoms with E-state index in [0.717, 1.165) is 21.3 Å². The van der Waals surface area contributed by atoms with Gasteiger partial charge in [-0.1, -0.05) is 46.3 Å². The number of amides is 1. The third kappa shape index (κ3) is 6.06. The lowest BCUT2D eigenvalue weighted by molar-refractivity contribution is -0.123. The third-order valence-corrected chi connectivity index (χ3v) is 4.65. The van der Waals surface area contributed by atoms with Crippen LogP contribution in [0.3, 0.4) is 0 Å². The summed E-state index contributed by atoms with van der Waals surface area (Å²) in [4.78, 5) is 16.5. The van der Waals surface area contributed by atoms with Gasteiger partial charge in [-0.05, 0) is 66.6 Å². The van der Waals surface area contributed by atoms with Crippen molar-refractivity contribution in [2.75, 3.05) is 6.61 Å². The Kier molecular flexibility index (Phi) is 6.98. The van der Waals surface area contributed by atoms with Crippen LogP contribution in [0.25, 0.3) is 0 Å². The summed E-state index contributed by atoms with van der Waals surface area (Å²) in [7, 11) is 0. The molecule has 0 saturated heterocycles. The number of ether oxygens (including phenoxy) is 1. The molecule has 1 unspecified atom stereocenters. The molecule has 28 heavy (non-hydrogen) atoms. The first-order valence-corrected chi connectivity index (χ1v) is 9.76. The molecule has 5 heteroatoms. The van der Waals surface area contributed by atoms with E-state index in [9.17, 15) is 4.79 Å². The van der Waals surface area contributed by atoms with Crippen LogP contribution in [-0.4, -0.2) is 18.7 Å². The molecule has 142 valence electrons. The van der Waals surface area contributed by atoms with Gasteiger partial charge in [0.1, 0.15) is 5.75 Å². The van der Waals surface area contributed by atoms with Crippen LogP contribution in [0.5, 0.6) is 5.75 Å². The fourth-order valence-electron chi connectivity index (χ4n) is 2.58. The highest BCUT2D eigenvalue weighted by molar-refractivity contribution is 9.10. The lowest BCUT2D eigenvalue weighted by atomic mass is 10.1. The Hall–Kier alpha value is -2.92. The molecule has 0 radical (unpaired) electrons. The largest absolute Gasteiger partial charge is 0.484 e. The van der Waals surface area contributed by atoms with E-state index >= 15 is 0 Å². The Morgan fingerprint density at radius 3 is 2.39 bits per heavy atom. The van der Waals surface area contributed by atoms with Gasteiger partial charge in [-0.25, -0.2) is 0 Å². The monoisotopic (exact) mass is 436 g/mol. The summed E-state index contributed by atoms with van der Waals surface area (Å²) in [5.74, 6) is 0.487. The number of carbonyl (C=O) groups is 1. The number of hydrogen-bond acceptors (Lipinski definition) is 3. The lowest BCUT2D eigenvalue weighted by Crippen LogP contribution is -2.31. The maximum Gasteiger partial charge on any atom is 0.258 e. The van der Waals surface area contributed by atoms with Crippen LogP contribution in [0.1, 0.15) is 24.1 Å². The van der Waals surface area contributed by atoms with Crippen LogP contribution in [0.15, 0.2) is 88.3 Å². The molecule has 0 spiro atoms. The molecule has 0 bridgehead atoms. The van der Waals surface area contributed by atoms with Crippen molar-refractivity contribution in [3.05, 3.63) is 94.5 Å². The van der Waals surface area contributed by atoms with Crippen molar-refractivity contribution in [1.29, 1.82) is 0 Å². The minimum Gasteiger partial charge on any atom is -0.484 e. The molecular formula is C23H21BrN2O2. The summed E-state index contributed by atoms with van der Waals surface area (Å²) in [5.41, 5.74) is 2.90. The van der Waals surface area contributed by atoms with Gasteiger partial charge >= 0.3 is 0 Å². The van der Waals surface area contributed by atoms with Crippen LogP contribution in [0, 0.1) is 0 Å². The number of carbonyl (C=O) groups excluding carboxylic acids is 1. The fourth-order valence-corrected chi connectivity index (χ4v) is 2.85. The van der Waals surface area contributed by atoms with Crippen molar-refractivity contribution in [3.8, 4) is 5.75 Å². The molecule has 0 aliphatic heterocycles. The van der Waals surface area contributed by atoms with Crippen molar-refractivity contribution in [3.63, 3.8) is 0 Å². The molecule has 1 atom stereocenters. The molecule has 3 rings (SSSR count). The van der Waals surface area contributed by atoms with E-state index in [4.69, 9.17) is 4.74 Å². The second-order valence-corrected chi connectivity index (χ2v) is 7.21. The standard InChI is InChI=1S/C23H21BrN2O2/c1-17(19-5-3-2-4-6-19)26-23(27)16-28-22-13-7-18(8-14-22)15-25-21-11-9-20(24)10-12-21/h2-15,17H,16H2,1H3,(H,26,27). The van der Waals surface area contributed by atoms with Gasteiger partial charge in [0.2, 0.25) is 0 Å². The molecular weight excluding hydrogens is 416 g/mol. The predicted octanol–water partition coefficient (Wildman–Crippen LogP) is 5.46. The number of hydrogen-bond donors (Lipinski definition) is 1. The first-order valence-electron chi connectivity index (χ1n) is 8.97. The normalized spacial score (nSPS) is 11.9. The molecule has 1 N–H and O–H groups in total. The maximum atomic E-state index is 12.1. The highest BCUT2D eigenvalue weighted by Gasteiger charge is 2.09. The van der Waals surface area contributed by atoms with Gasteiger partial charge in [0.05, 0.1) is 11.7 Å². The van der Waals surface area contributed by atoms with Gasteiger partial charge in [-0.15, -0.1) is 0 Å². The third-order valence-electron chi connectivity index (χ3n) is 4.12. The molecule has 0 fully saturated rings. The number of halogens is 1. The van der Waals surface area contributed by atoms with Gasteiger partial charge in [-0.2, -0.15) is 0 Å². The first kappa shape index (κ1) is 19.8. The Bertz CT molecular complexity index is 923. The lowest BCUT2D eigenvalue weighted by Gasteiger charge is -2.14. The molecule has 4 nitrogen and oxygen atoms in total. The smallest absolute Gasteiger partial charge is 0.258 e. The van der Waals surface area contributed by atoms with E-state index in [-0.39, 0.29) is 18.6 Å². The predicted molar refractivity (Wildman–Crippen MR) is 116 cm³/mol. The summed E-state index contributed by atoms with van der Waals surface area (Å²) in [5, 5.41) is 2.93. The summed E-state index contributed by atoms with van der Waals surface area (Å²) in [6.07, 6.45) is 1.79. The van der Waals surface area contributed by atoms with Crippen LogP contribution in [-0.2, 0) is 4.79 Å². The Labute approximate surface area is 173 Å². The summed E-state index contributed by atoms with van der Waals surface area (Å²) < 4.78 is 6.60. The molecule has 0 heterocycles. The van der Waals surface area contributed by atoms with Crippen LogP contribution in [0.2, 0.25) is 0 Å². The van der Waals surface area contributed by atoms with E-state index in [2.05, 4.69) is 26.2 Å². The van der Waals surface area contributed by atoms with Crippen molar-refractivity contribution in [2.24, 2.45) is 4.99 Å². The Morgan fingerprint density at radius 1 is 1.04 bits per heavy atom. The van der Waals surface area contributed by atoms with E-state index < -0.39 is 0 Å². The van der Waals surface area contributed by atoms with Crippen LogP contribution < -0.4 is 10.1 Å². The molecule has 0 aliphatic carbocycles. The molecule has 3 aromatic rings. The number of benzene rings is 3. The number of aliphatic imine (C=N–C) groups is 1. The van der Waals surface area contributed by atoms with Crippen LogP contribution >= 0.6 is 15.9 Å². The van der Waals surface area contributed by atoms with E-state index in [1.807, 2.05) is 85.8 Å². The second-order valence-electron chi connectivity index (χ2n) is 6.29. The highest BCUT2D eigenvalue weighted by Crippen LogP contribution is 2.17. The molecule has 0 saturated carbocycles. The first-order chi connectivity index (χ1) is 13.6. The minimum absolute atomic E-state index is 0.0243. The van der Waals surface area contributed by atoms with Gasteiger partial charge in [0.25, 0.3) is 5.91 Å². The summed E-state index contributed by atoms with van der Waals surface area (Å²) >= 11 is 3.40. The van der Waals surface area contributed by atoms with Crippen LogP contribution in [0.4, 0.5) is 5.69 Å². The zero-order valence-corrected chi connectivity index (χ0v) is 17.1. The van der Waals surface area contributed by atoms with E-state index in [1.165, 1.54) is 0 Å². The molecule has 1 amide bonds. The second kappa shape index (κ2) is 9.85. The number of nitrogens with one attached hydrogen (secondary N) is 1. The minimum atomic E-state index is -0.155. The van der Waals surface area contributed by atoms with Crippen molar-refractivity contribution >= 4 is 33.7 Å². The van der Waals surface area contributed by atoms with E-state index in [0.29, 0.717) is 5.75 Å². The average Bonchev–Trinajstić information content (AvgIpc) is 2.73. The quantitative estimate of drug-likeness (QED) is 0.500. The number of rotatable bonds is 7. The zero-order chi connectivity index (χ0) is 19.8. The van der Waals surface area contributed by atoms with Crippen molar-refractivity contribution < 1.29 is 9.53 Å². The highest BCUT2D eigenvalue weighted by atomic mass is 79.9. The molecule has 3 aromatic carbocycles. The Balaban J connectivity index is 1.48. The van der Waals surface area contributed by atoms with Crippen molar-refractivity contribution in [1.82, 2.24) is 5.32 Å². The van der Waals surface area contributed by atoms with Crippen molar-refractivity contribution in [2.45, 2.75) is 13.0 Å². The topological polar surface area (TPSA) is 50.7 Å². The zero-order valence-electron chi connectivity index (χ0n) is 15.5. The molecule has 0 aromatic heterocycles. The van der Waals surface area contributed by atoms with Gasteiger partial charge < -0.3 is 10.1 Å². The van der Waals surface area contributed by atoms with Gasteiger partial charge in [0, 0.05) is 10.7 Å². The average molecular weight is 437 g/mol. The fraction of sp³-hybridized carbons (Fsp3) is 0.130. The summed E-state index contributed by atoms with van der Waals surface area (Å²) in [6.45, 7) is 1.93. The van der Waals surface area contributed by atoms with E-state index in [1.54, 1.807) is 6.21 Å². The maximum absolute atomic E-state index is 12.1. The molecule has 0 aliphatic rings. The van der Waals surface area contributed by atoms with Gasteiger partial charge in [-0.3, -0.25) is 9.79 Å². The SMILES string of the molecule is CC(NC(=O)COc1ccc(C=Nc2ccc(Br)cc2)cc1)c1ccccc1. The van der Waals surface area contributed by atoms with Gasteiger partial charge in [0.15, 0.2) is 6.61 Å².